The van der Waals surface area contributed by atoms with E-state index in [1.165, 1.54) is 0 Å². The van der Waals surface area contributed by atoms with Crippen LogP contribution in [0.5, 0.6) is 0 Å². The summed E-state index contributed by atoms with van der Waals surface area (Å²) in [6.45, 7) is 0.382. The third-order valence-electron chi connectivity index (χ3n) is 4.35. The van der Waals surface area contributed by atoms with Gasteiger partial charge in [-0.1, -0.05) is 12.8 Å². The van der Waals surface area contributed by atoms with Gasteiger partial charge in [-0.2, -0.15) is 0 Å². The Morgan fingerprint density at radius 1 is 1.43 bits per heavy atom. The van der Waals surface area contributed by atoms with Crippen molar-refractivity contribution in [2.24, 2.45) is 0 Å². The molecule has 2 aromatic rings. The van der Waals surface area contributed by atoms with Crippen LogP contribution >= 0.6 is 0 Å². The van der Waals surface area contributed by atoms with E-state index in [1.807, 2.05) is 12.1 Å². The molecule has 5 heteroatoms. The predicted molar refractivity (Wildman–Crippen MR) is 83.1 cm³/mol. The monoisotopic (exact) mass is 287 g/mol. The highest BCUT2D eigenvalue weighted by atomic mass is 16.3. The second-order valence-corrected chi connectivity index (χ2v) is 6.10. The number of nitrogens with two attached hydrogens (primary N) is 1. The number of fused-ring (bicyclic) bond motifs is 1. The number of aliphatic hydroxyl groups is 1. The number of benzene rings is 1. The van der Waals surface area contributed by atoms with Crippen LogP contribution in [-0.4, -0.2) is 40.1 Å². The first-order valence-electron chi connectivity index (χ1n) is 7.33. The molecule has 112 valence electrons. The third kappa shape index (κ3) is 2.61. The third-order valence-corrected chi connectivity index (χ3v) is 4.35. The maximum absolute atomic E-state index is 12.6. The van der Waals surface area contributed by atoms with Crippen LogP contribution < -0.4 is 5.73 Å². The van der Waals surface area contributed by atoms with Crippen molar-refractivity contribution in [1.29, 1.82) is 0 Å². The van der Waals surface area contributed by atoms with Gasteiger partial charge in [0.05, 0.1) is 11.2 Å². The number of H-pyrrole nitrogens is 1. The van der Waals surface area contributed by atoms with Gasteiger partial charge in [-0.15, -0.1) is 0 Å². The van der Waals surface area contributed by atoms with Gasteiger partial charge in [0.25, 0.3) is 5.91 Å². The van der Waals surface area contributed by atoms with E-state index in [0.717, 1.165) is 36.6 Å². The number of aromatic amines is 1. The minimum Gasteiger partial charge on any atom is -0.399 e. The zero-order chi connectivity index (χ0) is 15.0. The van der Waals surface area contributed by atoms with Gasteiger partial charge < -0.3 is 20.7 Å². The number of carbonyl (C=O) groups is 1. The Kier molecular flexibility index (Phi) is 3.37. The zero-order valence-corrected chi connectivity index (χ0v) is 12.2. The van der Waals surface area contributed by atoms with Gasteiger partial charge >= 0.3 is 0 Å². The fraction of sp³-hybridized carbons (Fsp3) is 0.438. The van der Waals surface area contributed by atoms with E-state index in [-0.39, 0.29) is 5.91 Å². The van der Waals surface area contributed by atoms with E-state index >= 15 is 0 Å². The molecule has 21 heavy (non-hydrogen) atoms. The van der Waals surface area contributed by atoms with Crippen LogP contribution in [0.3, 0.4) is 0 Å². The highest BCUT2D eigenvalue weighted by molar-refractivity contribution is 6.07. The molecule has 3 rings (SSSR count). The van der Waals surface area contributed by atoms with E-state index in [0.29, 0.717) is 17.8 Å². The van der Waals surface area contributed by atoms with Crippen molar-refractivity contribution in [1.82, 2.24) is 9.88 Å². The highest BCUT2D eigenvalue weighted by Crippen LogP contribution is 2.30. The fourth-order valence-corrected chi connectivity index (χ4v) is 3.23. The summed E-state index contributed by atoms with van der Waals surface area (Å²) in [6, 6.07) is 5.46. The summed E-state index contributed by atoms with van der Waals surface area (Å²) in [6.07, 6.45) is 5.32. The summed E-state index contributed by atoms with van der Waals surface area (Å²) >= 11 is 0. The van der Waals surface area contributed by atoms with E-state index in [2.05, 4.69) is 4.98 Å². The molecule has 4 N–H and O–H groups in total. The Morgan fingerprint density at radius 2 is 2.14 bits per heavy atom. The van der Waals surface area contributed by atoms with Crippen LogP contribution in [0.2, 0.25) is 0 Å². The van der Waals surface area contributed by atoms with Gasteiger partial charge in [0, 0.05) is 36.4 Å². The summed E-state index contributed by atoms with van der Waals surface area (Å²) in [5, 5.41) is 11.3. The zero-order valence-electron chi connectivity index (χ0n) is 12.2. The lowest BCUT2D eigenvalue weighted by atomic mass is 10.0. The first kappa shape index (κ1) is 13.9. The number of likely N-dealkylation sites (N-methyl/N-ethyl adjacent to an activating group) is 1. The van der Waals surface area contributed by atoms with Crippen molar-refractivity contribution in [3.63, 3.8) is 0 Å². The van der Waals surface area contributed by atoms with Gasteiger partial charge in [0.15, 0.2) is 0 Å². The van der Waals surface area contributed by atoms with E-state index < -0.39 is 5.60 Å². The predicted octanol–water partition coefficient (Wildman–Crippen LogP) is 2.13. The van der Waals surface area contributed by atoms with Crippen LogP contribution in [0.1, 0.15) is 36.0 Å². The van der Waals surface area contributed by atoms with Crippen molar-refractivity contribution in [3.05, 3.63) is 30.0 Å². The number of nitrogens with zero attached hydrogens (tertiary/aromatic N) is 1. The molecular weight excluding hydrogens is 266 g/mol. The number of hydrogen-bond acceptors (Lipinski definition) is 3. The summed E-state index contributed by atoms with van der Waals surface area (Å²) in [7, 11) is 1.74. The number of carbonyl (C=O) groups excluding carboxylic acids is 1. The summed E-state index contributed by atoms with van der Waals surface area (Å²) in [5.74, 6) is -0.0775. The summed E-state index contributed by atoms with van der Waals surface area (Å²) in [4.78, 5) is 17.3. The molecule has 1 aliphatic rings. The molecule has 1 heterocycles. The van der Waals surface area contributed by atoms with E-state index in [4.69, 9.17) is 5.73 Å². The van der Waals surface area contributed by atoms with Crippen LogP contribution in [-0.2, 0) is 0 Å². The van der Waals surface area contributed by atoms with Crippen LogP contribution in [0.15, 0.2) is 24.4 Å². The van der Waals surface area contributed by atoms with Crippen molar-refractivity contribution in [3.8, 4) is 0 Å². The quantitative estimate of drug-likeness (QED) is 0.756. The molecule has 1 saturated carbocycles. The second-order valence-electron chi connectivity index (χ2n) is 6.10. The van der Waals surface area contributed by atoms with Crippen molar-refractivity contribution < 1.29 is 9.90 Å². The Balaban J connectivity index is 1.83. The Labute approximate surface area is 123 Å². The minimum atomic E-state index is -0.721. The molecule has 0 saturated heterocycles. The molecule has 1 aromatic carbocycles. The first-order chi connectivity index (χ1) is 9.98. The number of amides is 1. The lowest BCUT2D eigenvalue weighted by Gasteiger charge is -2.28. The molecule has 1 aliphatic carbocycles. The Bertz CT molecular complexity index is 671. The minimum absolute atomic E-state index is 0.0775. The molecular formula is C16H21N3O2. The van der Waals surface area contributed by atoms with Gasteiger partial charge in [0.1, 0.15) is 0 Å². The molecule has 0 unspecified atom stereocenters. The molecule has 1 amide bonds. The Hall–Kier alpha value is -2.01. The van der Waals surface area contributed by atoms with Gasteiger partial charge in [0.2, 0.25) is 0 Å². The number of nitrogens with one attached hydrogen (secondary N) is 1. The number of rotatable bonds is 3. The SMILES string of the molecule is CN(CC1(O)CCCC1)C(=O)c1c[nH]c2cc(N)ccc12. The Morgan fingerprint density at radius 3 is 2.86 bits per heavy atom. The van der Waals surface area contributed by atoms with Crippen LogP contribution in [0.4, 0.5) is 5.69 Å². The van der Waals surface area contributed by atoms with Crippen molar-refractivity contribution in [2.45, 2.75) is 31.3 Å². The largest absolute Gasteiger partial charge is 0.399 e. The maximum Gasteiger partial charge on any atom is 0.255 e. The van der Waals surface area contributed by atoms with Gasteiger partial charge in [-0.3, -0.25) is 4.79 Å². The van der Waals surface area contributed by atoms with Gasteiger partial charge in [-0.25, -0.2) is 0 Å². The molecule has 5 nitrogen and oxygen atoms in total. The molecule has 0 spiro atoms. The summed E-state index contributed by atoms with van der Waals surface area (Å²) < 4.78 is 0. The van der Waals surface area contributed by atoms with Gasteiger partial charge in [-0.05, 0) is 31.0 Å². The number of anilines is 1. The normalized spacial score (nSPS) is 17.2. The van der Waals surface area contributed by atoms with Crippen molar-refractivity contribution in [2.75, 3.05) is 19.3 Å². The van der Waals surface area contributed by atoms with E-state index in [9.17, 15) is 9.90 Å². The lowest BCUT2D eigenvalue weighted by molar-refractivity contribution is 0.0157. The molecule has 1 fully saturated rings. The topological polar surface area (TPSA) is 82.3 Å². The summed E-state index contributed by atoms with van der Waals surface area (Å²) in [5.41, 5.74) is 7.16. The maximum atomic E-state index is 12.6. The molecule has 1 aromatic heterocycles. The highest BCUT2D eigenvalue weighted by Gasteiger charge is 2.33. The van der Waals surface area contributed by atoms with Crippen LogP contribution in [0.25, 0.3) is 10.9 Å². The standard InChI is InChI=1S/C16H21N3O2/c1-19(10-16(21)6-2-3-7-16)15(20)13-9-18-14-8-11(17)4-5-12(13)14/h4-5,8-9,18,21H,2-3,6-7,10,17H2,1H3. The second kappa shape index (κ2) is 5.07. The average molecular weight is 287 g/mol. The molecule has 0 radical (unpaired) electrons. The smallest absolute Gasteiger partial charge is 0.255 e. The number of aromatic nitrogens is 1. The van der Waals surface area contributed by atoms with Crippen molar-refractivity contribution >= 4 is 22.5 Å². The molecule has 0 aliphatic heterocycles. The molecule has 0 bridgehead atoms. The van der Waals surface area contributed by atoms with E-state index in [1.54, 1.807) is 24.2 Å². The number of hydrogen-bond donors (Lipinski definition) is 3. The first-order valence-corrected chi connectivity index (χ1v) is 7.33. The fourth-order valence-electron chi connectivity index (χ4n) is 3.23. The van der Waals surface area contributed by atoms with Crippen LogP contribution in [0, 0.1) is 0 Å². The number of nitrogen functional groups attached to an aromatic ring is 1. The average Bonchev–Trinajstić information content (AvgIpc) is 3.04. The molecule has 0 atom stereocenters. The lowest BCUT2D eigenvalue weighted by Crippen LogP contribution is -2.42.